The minimum Gasteiger partial charge on any atom is -0.382 e. The van der Waals surface area contributed by atoms with Crippen molar-refractivity contribution in [2.75, 3.05) is 5.32 Å². The van der Waals surface area contributed by atoms with Crippen LogP contribution in [-0.4, -0.2) is 28.0 Å². The van der Waals surface area contributed by atoms with Crippen LogP contribution in [0.15, 0.2) is 48.8 Å². The predicted molar refractivity (Wildman–Crippen MR) is 105 cm³/mol. The Balaban J connectivity index is 1.36. The first-order valence-electron chi connectivity index (χ1n) is 8.94. The van der Waals surface area contributed by atoms with Crippen LogP contribution in [0.1, 0.15) is 36.2 Å². The van der Waals surface area contributed by atoms with Gasteiger partial charge in [0.25, 0.3) is 5.91 Å². The number of nitrogens with zero attached hydrogens (tertiary/aromatic N) is 1. The van der Waals surface area contributed by atoms with Crippen molar-refractivity contribution in [3.8, 4) is 0 Å². The standard InChI is InChI=1S/C20H21ClN4O/c21-13-3-8-16-17(9-11-23-19(16)12-13)24-14-4-6-15(7-5-14)25-20(26)18-2-1-10-22-18/h1-3,8-12,14-15,22H,4-7H2,(H,23,24)(H,25,26). The second kappa shape index (κ2) is 7.38. The van der Waals surface area contributed by atoms with E-state index < -0.39 is 0 Å². The lowest BCUT2D eigenvalue weighted by Gasteiger charge is -2.30. The summed E-state index contributed by atoms with van der Waals surface area (Å²) in [6.45, 7) is 0. The van der Waals surface area contributed by atoms with Crippen molar-refractivity contribution in [1.82, 2.24) is 15.3 Å². The highest BCUT2D eigenvalue weighted by Crippen LogP contribution is 2.28. The van der Waals surface area contributed by atoms with Crippen LogP contribution in [0.2, 0.25) is 5.02 Å². The molecule has 0 aliphatic heterocycles. The molecule has 3 aromatic rings. The SMILES string of the molecule is O=C(NC1CCC(Nc2ccnc3cc(Cl)ccc23)CC1)c1ccc[nH]1. The first-order valence-corrected chi connectivity index (χ1v) is 9.32. The highest BCUT2D eigenvalue weighted by molar-refractivity contribution is 6.31. The summed E-state index contributed by atoms with van der Waals surface area (Å²) < 4.78 is 0. The van der Waals surface area contributed by atoms with Gasteiger partial charge in [0.1, 0.15) is 5.69 Å². The fourth-order valence-corrected chi connectivity index (χ4v) is 3.75. The third kappa shape index (κ3) is 3.68. The molecule has 0 atom stereocenters. The maximum Gasteiger partial charge on any atom is 0.267 e. The first kappa shape index (κ1) is 16.9. The second-order valence-corrected chi connectivity index (χ2v) is 7.21. The van der Waals surface area contributed by atoms with Crippen LogP contribution >= 0.6 is 11.6 Å². The van der Waals surface area contributed by atoms with E-state index in [9.17, 15) is 4.79 Å². The summed E-state index contributed by atoms with van der Waals surface area (Å²) in [6, 6.07) is 12.1. The zero-order chi connectivity index (χ0) is 17.9. The Kier molecular flexibility index (Phi) is 4.80. The van der Waals surface area contributed by atoms with Crippen LogP contribution in [-0.2, 0) is 0 Å². The van der Waals surface area contributed by atoms with E-state index in [-0.39, 0.29) is 11.9 Å². The van der Waals surface area contributed by atoms with Gasteiger partial charge in [-0.1, -0.05) is 11.6 Å². The van der Waals surface area contributed by atoms with Gasteiger partial charge in [-0.25, -0.2) is 0 Å². The predicted octanol–water partition coefficient (Wildman–Crippen LogP) is 4.37. The number of amides is 1. The summed E-state index contributed by atoms with van der Waals surface area (Å²) >= 11 is 6.06. The molecule has 3 N–H and O–H groups in total. The third-order valence-corrected chi connectivity index (χ3v) is 5.20. The first-order chi connectivity index (χ1) is 12.7. The lowest BCUT2D eigenvalue weighted by molar-refractivity contribution is 0.0922. The molecule has 0 spiro atoms. The van der Waals surface area contributed by atoms with Gasteiger partial charge in [0.15, 0.2) is 0 Å². The zero-order valence-electron chi connectivity index (χ0n) is 14.3. The number of H-pyrrole nitrogens is 1. The molecule has 1 aromatic carbocycles. The van der Waals surface area contributed by atoms with Crippen LogP contribution in [0.5, 0.6) is 0 Å². The molecule has 0 bridgehead atoms. The number of halogens is 1. The average Bonchev–Trinajstić information content (AvgIpc) is 3.18. The largest absolute Gasteiger partial charge is 0.382 e. The topological polar surface area (TPSA) is 69.8 Å². The summed E-state index contributed by atoms with van der Waals surface area (Å²) in [4.78, 5) is 19.5. The fourth-order valence-electron chi connectivity index (χ4n) is 3.58. The fraction of sp³-hybridized carbons (Fsp3) is 0.300. The Morgan fingerprint density at radius 1 is 1.12 bits per heavy atom. The molecule has 0 saturated heterocycles. The summed E-state index contributed by atoms with van der Waals surface area (Å²) in [5.74, 6) is -0.0246. The van der Waals surface area contributed by atoms with Crippen molar-refractivity contribution in [3.63, 3.8) is 0 Å². The number of fused-ring (bicyclic) bond motifs is 1. The Morgan fingerprint density at radius 3 is 2.69 bits per heavy atom. The van der Waals surface area contributed by atoms with Gasteiger partial charge in [-0.05, 0) is 62.1 Å². The molecule has 6 heteroatoms. The van der Waals surface area contributed by atoms with Gasteiger partial charge in [-0.2, -0.15) is 0 Å². The molecule has 1 aliphatic carbocycles. The number of pyridine rings is 1. The van der Waals surface area contributed by atoms with Gasteiger partial charge in [0, 0.05) is 40.6 Å². The zero-order valence-corrected chi connectivity index (χ0v) is 15.1. The quantitative estimate of drug-likeness (QED) is 0.640. The maximum atomic E-state index is 12.1. The van der Waals surface area contributed by atoms with Crippen LogP contribution in [0.3, 0.4) is 0 Å². The van der Waals surface area contributed by atoms with E-state index in [0.29, 0.717) is 16.8 Å². The van der Waals surface area contributed by atoms with Crippen molar-refractivity contribution >= 4 is 34.1 Å². The van der Waals surface area contributed by atoms with E-state index in [1.165, 1.54) is 0 Å². The molecule has 26 heavy (non-hydrogen) atoms. The number of carbonyl (C=O) groups excluding carboxylic acids is 1. The number of hydrogen-bond donors (Lipinski definition) is 3. The number of rotatable bonds is 4. The van der Waals surface area contributed by atoms with Crippen LogP contribution in [0.25, 0.3) is 10.9 Å². The molecule has 4 rings (SSSR count). The molecule has 2 aromatic heterocycles. The highest BCUT2D eigenvalue weighted by Gasteiger charge is 2.23. The smallest absolute Gasteiger partial charge is 0.267 e. The van der Waals surface area contributed by atoms with Gasteiger partial charge in [-0.15, -0.1) is 0 Å². The van der Waals surface area contributed by atoms with Crippen molar-refractivity contribution in [2.24, 2.45) is 0 Å². The molecule has 134 valence electrons. The molecular formula is C20H21ClN4O. The molecule has 1 fully saturated rings. The van der Waals surface area contributed by atoms with Crippen molar-refractivity contribution in [1.29, 1.82) is 0 Å². The number of nitrogens with one attached hydrogen (secondary N) is 3. The number of carbonyl (C=O) groups is 1. The molecule has 5 nitrogen and oxygen atoms in total. The average molecular weight is 369 g/mol. The number of aromatic amines is 1. The Labute approximate surface area is 157 Å². The van der Waals surface area contributed by atoms with Crippen molar-refractivity contribution < 1.29 is 4.79 Å². The molecule has 1 aliphatic rings. The molecule has 2 heterocycles. The normalized spacial score (nSPS) is 20.0. The minimum absolute atomic E-state index is 0.0246. The second-order valence-electron chi connectivity index (χ2n) is 6.77. The molecule has 0 unspecified atom stereocenters. The number of benzene rings is 1. The Bertz CT molecular complexity index is 901. The van der Waals surface area contributed by atoms with Crippen LogP contribution in [0.4, 0.5) is 5.69 Å². The van der Waals surface area contributed by atoms with Gasteiger partial charge in [-0.3, -0.25) is 9.78 Å². The summed E-state index contributed by atoms with van der Waals surface area (Å²) in [5, 5.41) is 8.54. The van der Waals surface area contributed by atoms with Gasteiger partial charge >= 0.3 is 0 Å². The number of aromatic nitrogens is 2. The molecule has 1 saturated carbocycles. The summed E-state index contributed by atoms with van der Waals surface area (Å²) in [7, 11) is 0. The van der Waals surface area contributed by atoms with Crippen LogP contribution < -0.4 is 10.6 Å². The Morgan fingerprint density at radius 2 is 1.92 bits per heavy atom. The van der Waals surface area contributed by atoms with Crippen molar-refractivity contribution in [2.45, 2.75) is 37.8 Å². The van der Waals surface area contributed by atoms with E-state index in [1.807, 2.05) is 36.5 Å². The van der Waals surface area contributed by atoms with E-state index in [0.717, 1.165) is 42.3 Å². The third-order valence-electron chi connectivity index (χ3n) is 4.97. The summed E-state index contributed by atoms with van der Waals surface area (Å²) in [6.07, 6.45) is 7.56. The number of hydrogen-bond acceptors (Lipinski definition) is 3. The maximum absolute atomic E-state index is 12.1. The minimum atomic E-state index is -0.0246. The number of anilines is 1. The van der Waals surface area contributed by atoms with E-state index >= 15 is 0 Å². The van der Waals surface area contributed by atoms with Crippen LogP contribution in [0, 0.1) is 0 Å². The van der Waals surface area contributed by atoms with Gasteiger partial charge in [0.2, 0.25) is 0 Å². The highest BCUT2D eigenvalue weighted by atomic mass is 35.5. The van der Waals surface area contributed by atoms with E-state index in [2.05, 4.69) is 20.6 Å². The van der Waals surface area contributed by atoms with E-state index in [4.69, 9.17) is 11.6 Å². The lowest BCUT2D eigenvalue weighted by atomic mass is 9.90. The van der Waals surface area contributed by atoms with Crippen molar-refractivity contribution in [3.05, 3.63) is 59.5 Å². The molecule has 0 radical (unpaired) electrons. The lowest BCUT2D eigenvalue weighted by Crippen LogP contribution is -2.40. The molecular weight excluding hydrogens is 348 g/mol. The van der Waals surface area contributed by atoms with Gasteiger partial charge in [0.05, 0.1) is 5.52 Å². The van der Waals surface area contributed by atoms with Gasteiger partial charge < -0.3 is 15.6 Å². The Hall–Kier alpha value is -2.53. The monoisotopic (exact) mass is 368 g/mol. The molecule has 1 amide bonds. The van der Waals surface area contributed by atoms with E-state index in [1.54, 1.807) is 12.3 Å². The summed E-state index contributed by atoms with van der Waals surface area (Å²) in [5.41, 5.74) is 2.60.